The summed E-state index contributed by atoms with van der Waals surface area (Å²) in [4.78, 5) is 0. The van der Waals surface area contributed by atoms with Crippen molar-refractivity contribution in [2.45, 2.75) is 26.3 Å². The Hall–Kier alpha value is -1.03. The van der Waals surface area contributed by atoms with E-state index in [4.69, 9.17) is 5.73 Å². The van der Waals surface area contributed by atoms with Gasteiger partial charge < -0.3 is 11.1 Å². The number of rotatable bonds is 5. The zero-order chi connectivity index (χ0) is 10.6. The van der Waals surface area contributed by atoms with Gasteiger partial charge in [-0.3, -0.25) is 4.68 Å². The lowest BCUT2D eigenvalue weighted by atomic mass is 10.0. The molecule has 0 aliphatic carbocycles. The lowest BCUT2D eigenvalue weighted by Crippen LogP contribution is -2.35. The van der Waals surface area contributed by atoms with E-state index >= 15 is 0 Å². The highest BCUT2D eigenvalue weighted by Crippen LogP contribution is 2.08. The number of nitrogens with two attached hydrogens (primary N) is 1. The molecule has 0 radical (unpaired) electrons. The van der Waals surface area contributed by atoms with Crippen LogP contribution >= 0.6 is 0 Å². The van der Waals surface area contributed by atoms with Crippen molar-refractivity contribution >= 4 is 5.69 Å². The van der Waals surface area contributed by atoms with Crippen LogP contribution in [0.2, 0.25) is 0 Å². The maximum atomic E-state index is 5.99. The van der Waals surface area contributed by atoms with Crippen molar-refractivity contribution in [2.24, 2.45) is 18.7 Å². The van der Waals surface area contributed by atoms with Gasteiger partial charge in [0, 0.05) is 25.8 Å². The second kappa shape index (κ2) is 5.00. The van der Waals surface area contributed by atoms with Gasteiger partial charge in [-0.15, -0.1) is 0 Å². The van der Waals surface area contributed by atoms with Gasteiger partial charge in [0.1, 0.15) is 0 Å². The summed E-state index contributed by atoms with van der Waals surface area (Å²) in [5.74, 6) is 0.555. The van der Waals surface area contributed by atoms with E-state index in [1.807, 2.05) is 19.4 Å². The first-order valence-electron chi connectivity index (χ1n) is 5.11. The molecule has 4 nitrogen and oxygen atoms in total. The molecule has 1 aromatic heterocycles. The van der Waals surface area contributed by atoms with Crippen LogP contribution in [0.4, 0.5) is 5.69 Å². The highest BCUT2D eigenvalue weighted by atomic mass is 15.3. The van der Waals surface area contributed by atoms with E-state index < -0.39 is 0 Å². The molecule has 0 aliphatic rings. The maximum absolute atomic E-state index is 5.99. The normalized spacial score (nSPS) is 15.1. The monoisotopic (exact) mass is 196 g/mol. The number of nitrogens with one attached hydrogen (secondary N) is 1. The van der Waals surface area contributed by atoms with Gasteiger partial charge in [0.2, 0.25) is 0 Å². The van der Waals surface area contributed by atoms with Crippen molar-refractivity contribution in [1.82, 2.24) is 9.78 Å². The van der Waals surface area contributed by atoms with E-state index in [0.717, 1.165) is 18.7 Å². The SMILES string of the molecule is CCC(C)C(N)CNc1cnn(C)c1. The molecular formula is C10H20N4. The Bertz CT molecular complexity index is 269. The standard InChI is InChI=1S/C10H20N4/c1-4-8(2)10(11)6-12-9-5-13-14(3)7-9/h5,7-8,10,12H,4,6,11H2,1-3H3. The van der Waals surface area contributed by atoms with E-state index in [9.17, 15) is 0 Å². The van der Waals surface area contributed by atoms with E-state index in [0.29, 0.717) is 5.92 Å². The number of hydrogen-bond donors (Lipinski definition) is 2. The summed E-state index contributed by atoms with van der Waals surface area (Å²) in [6.45, 7) is 5.14. The average Bonchev–Trinajstić information content (AvgIpc) is 2.59. The van der Waals surface area contributed by atoms with Crippen LogP contribution in [0.3, 0.4) is 0 Å². The number of anilines is 1. The molecule has 1 rings (SSSR count). The molecule has 0 aromatic carbocycles. The van der Waals surface area contributed by atoms with Crippen molar-refractivity contribution in [3.63, 3.8) is 0 Å². The Morgan fingerprint density at radius 3 is 2.86 bits per heavy atom. The van der Waals surface area contributed by atoms with Crippen molar-refractivity contribution in [1.29, 1.82) is 0 Å². The van der Waals surface area contributed by atoms with E-state index in [2.05, 4.69) is 24.3 Å². The fourth-order valence-corrected chi connectivity index (χ4v) is 1.25. The second-order valence-corrected chi connectivity index (χ2v) is 3.83. The summed E-state index contributed by atoms with van der Waals surface area (Å²) in [6, 6.07) is 0.209. The lowest BCUT2D eigenvalue weighted by molar-refractivity contribution is 0.457. The minimum absolute atomic E-state index is 0.209. The van der Waals surface area contributed by atoms with E-state index in [-0.39, 0.29) is 6.04 Å². The number of nitrogens with zero attached hydrogens (tertiary/aromatic N) is 2. The summed E-state index contributed by atoms with van der Waals surface area (Å²) in [7, 11) is 1.90. The molecule has 14 heavy (non-hydrogen) atoms. The third kappa shape index (κ3) is 3.03. The summed E-state index contributed by atoms with van der Waals surface area (Å²) >= 11 is 0. The fraction of sp³-hybridized carbons (Fsp3) is 0.700. The molecule has 2 atom stereocenters. The Labute approximate surface area is 85.5 Å². The zero-order valence-electron chi connectivity index (χ0n) is 9.20. The molecular weight excluding hydrogens is 176 g/mol. The predicted molar refractivity (Wildman–Crippen MR) is 59.1 cm³/mol. The molecule has 0 spiro atoms. The summed E-state index contributed by atoms with van der Waals surface area (Å²) in [5, 5.41) is 7.35. The van der Waals surface area contributed by atoms with Crippen LogP contribution in [-0.4, -0.2) is 22.4 Å². The largest absolute Gasteiger partial charge is 0.381 e. The lowest BCUT2D eigenvalue weighted by Gasteiger charge is -2.18. The van der Waals surface area contributed by atoms with Gasteiger partial charge in [-0.2, -0.15) is 5.10 Å². The Morgan fingerprint density at radius 1 is 1.64 bits per heavy atom. The molecule has 80 valence electrons. The highest BCUT2D eigenvalue weighted by molar-refractivity contribution is 5.38. The first kappa shape index (κ1) is 11.0. The molecule has 1 aromatic rings. The Morgan fingerprint density at radius 2 is 2.36 bits per heavy atom. The number of aromatic nitrogens is 2. The van der Waals surface area contributed by atoms with Gasteiger partial charge in [-0.1, -0.05) is 20.3 Å². The number of hydrogen-bond acceptors (Lipinski definition) is 3. The fourth-order valence-electron chi connectivity index (χ4n) is 1.25. The van der Waals surface area contributed by atoms with E-state index in [1.165, 1.54) is 0 Å². The molecule has 0 aliphatic heterocycles. The molecule has 3 N–H and O–H groups in total. The van der Waals surface area contributed by atoms with Crippen LogP contribution in [0.25, 0.3) is 0 Å². The van der Waals surface area contributed by atoms with Gasteiger partial charge in [-0.05, 0) is 5.92 Å². The topological polar surface area (TPSA) is 55.9 Å². The zero-order valence-corrected chi connectivity index (χ0v) is 9.20. The Balaban J connectivity index is 2.33. The molecule has 1 heterocycles. The molecule has 0 saturated heterocycles. The van der Waals surface area contributed by atoms with Crippen LogP contribution in [0.15, 0.2) is 12.4 Å². The highest BCUT2D eigenvalue weighted by Gasteiger charge is 2.10. The number of aryl methyl sites for hydroxylation is 1. The minimum Gasteiger partial charge on any atom is -0.381 e. The minimum atomic E-state index is 0.209. The van der Waals surface area contributed by atoms with Crippen LogP contribution in [-0.2, 0) is 7.05 Å². The maximum Gasteiger partial charge on any atom is 0.0726 e. The Kier molecular flexibility index (Phi) is 3.95. The first-order valence-corrected chi connectivity index (χ1v) is 5.11. The van der Waals surface area contributed by atoms with Crippen molar-refractivity contribution in [2.75, 3.05) is 11.9 Å². The molecule has 4 heteroatoms. The summed E-state index contributed by atoms with van der Waals surface area (Å²) in [5.41, 5.74) is 7.03. The molecule has 0 saturated carbocycles. The molecule has 0 bridgehead atoms. The van der Waals surface area contributed by atoms with Crippen molar-refractivity contribution in [3.8, 4) is 0 Å². The van der Waals surface area contributed by atoms with Crippen LogP contribution < -0.4 is 11.1 Å². The summed E-state index contributed by atoms with van der Waals surface area (Å²) in [6.07, 6.45) is 4.88. The predicted octanol–water partition coefficient (Wildman–Crippen LogP) is 1.21. The smallest absolute Gasteiger partial charge is 0.0726 e. The molecule has 0 amide bonds. The van der Waals surface area contributed by atoms with Gasteiger partial charge in [0.25, 0.3) is 0 Å². The summed E-state index contributed by atoms with van der Waals surface area (Å²) < 4.78 is 1.77. The first-order chi connectivity index (χ1) is 6.63. The molecule has 0 fully saturated rings. The van der Waals surface area contributed by atoms with Gasteiger partial charge >= 0.3 is 0 Å². The molecule has 2 unspecified atom stereocenters. The second-order valence-electron chi connectivity index (χ2n) is 3.83. The van der Waals surface area contributed by atoms with Gasteiger partial charge in [0.15, 0.2) is 0 Å². The van der Waals surface area contributed by atoms with Gasteiger partial charge in [0.05, 0.1) is 11.9 Å². The third-order valence-corrected chi connectivity index (χ3v) is 2.62. The van der Waals surface area contributed by atoms with E-state index in [1.54, 1.807) is 4.68 Å². The van der Waals surface area contributed by atoms with Gasteiger partial charge in [-0.25, -0.2) is 0 Å². The average molecular weight is 196 g/mol. The van der Waals surface area contributed by atoms with Crippen LogP contribution in [0.1, 0.15) is 20.3 Å². The third-order valence-electron chi connectivity index (χ3n) is 2.62. The van der Waals surface area contributed by atoms with Crippen molar-refractivity contribution in [3.05, 3.63) is 12.4 Å². The van der Waals surface area contributed by atoms with Crippen LogP contribution in [0.5, 0.6) is 0 Å². The van der Waals surface area contributed by atoms with Crippen LogP contribution in [0, 0.1) is 5.92 Å². The quantitative estimate of drug-likeness (QED) is 0.744. The van der Waals surface area contributed by atoms with Crippen molar-refractivity contribution < 1.29 is 0 Å².